The summed E-state index contributed by atoms with van der Waals surface area (Å²) in [7, 11) is 0. The molecular weight excluding hydrogens is 287 g/mol. The van der Waals surface area contributed by atoms with Crippen LogP contribution in [-0.4, -0.2) is 28.5 Å². The van der Waals surface area contributed by atoms with Crippen LogP contribution in [0.3, 0.4) is 0 Å². The Hall–Kier alpha value is -3.09. The van der Waals surface area contributed by atoms with Gasteiger partial charge < -0.3 is 21.5 Å². The SMILES string of the molecule is NC(=NO)c1ccc(C(CNc2ccc(F)cc2)=NO)cc1. The molecule has 0 aliphatic carbocycles. The Balaban J connectivity index is 2.07. The summed E-state index contributed by atoms with van der Waals surface area (Å²) < 4.78 is 12.8. The second-order valence-corrected chi connectivity index (χ2v) is 4.47. The molecule has 0 bridgehead atoms. The van der Waals surface area contributed by atoms with Crippen molar-refractivity contribution in [3.8, 4) is 0 Å². The fourth-order valence-corrected chi connectivity index (χ4v) is 1.84. The van der Waals surface area contributed by atoms with Crippen LogP contribution in [0.4, 0.5) is 10.1 Å². The summed E-state index contributed by atoms with van der Waals surface area (Å²) in [6, 6.07) is 12.5. The van der Waals surface area contributed by atoms with Gasteiger partial charge in [-0.15, -0.1) is 0 Å². The van der Waals surface area contributed by atoms with E-state index in [1.807, 2.05) is 0 Å². The second kappa shape index (κ2) is 7.07. The lowest BCUT2D eigenvalue weighted by molar-refractivity contribution is 0.318. The normalized spacial score (nSPS) is 12.2. The first kappa shape index (κ1) is 15.3. The van der Waals surface area contributed by atoms with Gasteiger partial charge in [0.05, 0.1) is 6.54 Å². The predicted molar refractivity (Wildman–Crippen MR) is 82.2 cm³/mol. The first-order valence-electron chi connectivity index (χ1n) is 6.42. The van der Waals surface area contributed by atoms with Crippen molar-refractivity contribution < 1.29 is 14.8 Å². The summed E-state index contributed by atoms with van der Waals surface area (Å²) in [5, 5.41) is 26.9. The van der Waals surface area contributed by atoms with Crippen LogP contribution in [0, 0.1) is 5.82 Å². The van der Waals surface area contributed by atoms with Crippen molar-refractivity contribution in [2.24, 2.45) is 16.0 Å². The number of anilines is 1. The molecular formula is C15H15FN4O2. The lowest BCUT2D eigenvalue weighted by Gasteiger charge is -2.09. The highest BCUT2D eigenvalue weighted by molar-refractivity contribution is 6.04. The van der Waals surface area contributed by atoms with Gasteiger partial charge in [0.1, 0.15) is 11.5 Å². The molecule has 0 radical (unpaired) electrons. The molecule has 6 nitrogen and oxygen atoms in total. The van der Waals surface area contributed by atoms with Crippen molar-refractivity contribution in [1.29, 1.82) is 0 Å². The monoisotopic (exact) mass is 302 g/mol. The van der Waals surface area contributed by atoms with Gasteiger partial charge in [0.2, 0.25) is 0 Å². The summed E-state index contributed by atoms with van der Waals surface area (Å²) in [4.78, 5) is 0. The molecule has 2 aromatic rings. The number of halogens is 1. The van der Waals surface area contributed by atoms with Crippen molar-refractivity contribution in [2.75, 3.05) is 11.9 Å². The molecule has 0 spiro atoms. The van der Waals surface area contributed by atoms with Gasteiger partial charge in [-0.05, 0) is 24.3 Å². The van der Waals surface area contributed by atoms with Gasteiger partial charge >= 0.3 is 0 Å². The first-order chi connectivity index (χ1) is 10.6. The van der Waals surface area contributed by atoms with E-state index >= 15 is 0 Å². The fourth-order valence-electron chi connectivity index (χ4n) is 1.84. The van der Waals surface area contributed by atoms with E-state index in [1.54, 1.807) is 36.4 Å². The topological polar surface area (TPSA) is 103 Å². The van der Waals surface area contributed by atoms with Crippen LogP contribution in [0.15, 0.2) is 58.8 Å². The number of nitrogens with zero attached hydrogens (tertiary/aromatic N) is 2. The Kier molecular flexibility index (Phi) is 4.92. The third-order valence-corrected chi connectivity index (χ3v) is 3.05. The molecule has 2 rings (SSSR count). The van der Waals surface area contributed by atoms with Crippen molar-refractivity contribution in [2.45, 2.75) is 0 Å². The number of hydrogen-bond acceptors (Lipinski definition) is 5. The van der Waals surface area contributed by atoms with Gasteiger partial charge in [0, 0.05) is 16.8 Å². The zero-order chi connectivity index (χ0) is 15.9. The van der Waals surface area contributed by atoms with Crippen molar-refractivity contribution in [3.63, 3.8) is 0 Å². The number of hydrogen-bond donors (Lipinski definition) is 4. The van der Waals surface area contributed by atoms with E-state index in [0.29, 0.717) is 22.5 Å². The Bertz CT molecular complexity index is 682. The van der Waals surface area contributed by atoms with Gasteiger partial charge in [-0.2, -0.15) is 0 Å². The molecule has 0 aromatic heterocycles. The van der Waals surface area contributed by atoms with Crippen LogP contribution in [0.2, 0.25) is 0 Å². The summed E-state index contributed by atoms with van der Waals surface area (Å²) in [6.07, 6.45) is 0. The number of nitrogens with two attached hydrogens (primary N) is 1. The zero-order valence-corrected chi connectivity index (χ0v) is 11.6. The highest BCUT2D eigenvalue weighted by atomic mass is 19.1. The minimum Gasteiger partial charge on any atom is -0.411 e. The first-order valence-corrected chi connectivity index (χ1v) is 6.42. The molecule has 0 saturated heterocycles. The summed E-state index contributed by atoms with van der Waals surface area (Å²) in [6.45, 7) is 0.255. The molecule has 0 fully saturated rings. The van der Waals surface area contributed by atoms with Crippen molar-refractivity contribution in [1.82, 2.24) is 0 Å². The largest absolute Gasteiger partial charge is 0.411 e. The molecule has 22 heavy (non-hydrogen) atoms. The minimum atomic E-state index is -0.319. The van der Waals surface area contributed by atoms with Gasteiger partial charge in [-0.25, -0.2) is 4.39 Å². The van der Waals surface area contributed by atoms with Crippen molar-refractivity contribution in [3.05, 3.63) is 65.5 Å². The molecule has 0 unspecified atom stereocenters. The van der Waals surface area contributed by atoms with Gasteiger partial charge in [-0.1, -0.05) is 34.6 Å². The number of rotatable bonds is 5. The van der Waals surface area contributed by atoms with E-state index in [4.69, 9.17) is 16.1 Å². The quantitative estimate of drug-likeness (QED) is 0.294. The molecule has 0 heterocycles. The molecule has 2 aromatic carbocycles. The molecule has 5 N–H and O–H groups in total. The predicted octanol–water partition coefficient (Wildman–Crippen LogP) is 2.21. The maximum absolute atomic E-state index is 12.8. The third-order valence-electron chi connectivity index (χ3n) is 3.05. The maximum Gasteiger partial charge on any atom is 0.170 e. The minimum absolute atomic E-state index is 0.00141. The van der Waals surface area contributed by atoms with Crippen LogP contribution in [0.1, 0.15) is 11.1 Å². The number of benzene rings is 2. The van der Waals surface area contributed by atoms with Crippen LogP contribution in [0.5, 0.6) is 0 Å². The summed E-state index contributed by atoms with van der Waals surface area (Å²) in [5.41, 5.74) is 7.80. The Morgan fingerprint density at radius 3 is 2.09 bits per heavy atom. The molecule has 114 valence electrons. The van der Waals surface area contributed by atoms with Gasteiger partial charge in [0.15, 0.2) is 5.84 Å². The van der Waals surface area contributed by atoms with Crippen LogP contribution >= 0.6 is 0 Å². The Morgan fingerprint density at radius 1 is 0.955 bits per heavy atom. The third kappa shape index (κ3) is 3.72. The Morgan fingerprint density at radius 2 is 1.55 bits per heavy atom. The van der Waals surface area contributed by atoms with E-state index in [-0.39, 0.29) is 18.2 Å². The maximum atomic E-state index is 12.8. The summed E-state index contributed by atoms with van der Waals surface area (Å²) in [5.74, 6) is -0.321. The lowest BCUT2D eigenvalue weighted by Crippen LogP contribution is -2.16. The highest BCUT2D eigenvalue weighted by Crippen LogP contribution is 2.10. The number of oxime groups is 2. The van der Waals surface area contributed by atoms with E-state index < -0.39 is 0 Å². The lowest BCUT2D eigenvalue weighted by atomic mass is 10.1. The average molecular weight is 302 g/mol. The van der Waals surface area contributed by atoms with E-state index in [0.717, 1.165) is 0 Å². The van der Waals surface area contributed by atoms with Crippen LogP contribution < -0.4 is 11.1 Å². The van der Waals surface area contributed by atoms with Crippen LogP contribution in [-0.2, 0) is 0 Å². The molecule has 0 aliphatic rings. The second-order valence-electron chi connectivity index (χ2n) is 4.47. The fraction of sp³-hybridized carbons (Fsp3) is 0.0667. The van der Waals surface area contributed by atoms with E-state index in [9.17, 15) is 4.39 Å². The van der Waals surface area contributed by atoms with E-state index in [1.165, 1.54) is 12.1 Å². The highest BCUT2D eigenvalue weighted by Gasteiger charge is 2.06. The van der Waals surface area contributed by atoms with E-state index in [2.05, 4.69) is 15.6 Å². The number of amidine groups is 1. The van der Waals surface area contributed by atoms with Crippen molar-refractivity contribution >= 4 is 17.2 Å². The smallest absolute Gasteiger partial charge is 0.170 e. The average Bonchev–Trinajstić information content (AvgIpc) is 2.57. The van der Waals surface area contributed by atoms with Gasteiger partial charge in [-0.3, -0.25) is 0 Å². The molecule has 0 amide bonds. The van der Waals surface area contributed by atoms with Crippen LogP contribution in [0.25, 0.3) is 0 Å². The number of nitrogens with one attached hydrogen (secondary N) is 1. The summed E-state index contributed by atoms with van der Waals surface area (Å²) >= 11 is 0. The Labute approximate surface area is 126 Å². The van der Waals surface area contributed by atoms with Gasteiger partial charge in [0.25, 0.3) is 0 Å². The molecule has 0 atom stereocenters. The molecule has 0 saturated carbocycles. The standard InChI is InChI=1S/C15H15FN4O2/c16-12-5-7-13(8-6-12)18-9-14(19-21)10-1-3-11(4-2-10)15(17)20-22/h1-8,18,21-22H,9H2,(H2,17,20). The molecule has 7 heteroatoms. The zero-order valence-electron chi connectivity index (χ0n) is 11.6. The molecule has 0 aliphatic heterocycles.